The van der Waals surface area contributed by atoms with E-state index < -0.39 is 0 Å². The summed E-state index contributed by atoms with van der Waals surface area (Å²) >= 11 is 1.70. The molecule has 3 heteroatoms. The van der Waals surface area contributed by atoms with Crippen LogP contribution in [0, 0.1) is 5.92 Å². The SMILES string of the molecule is CCc1csc(NCC(C)CC)n1. The molecule has 1 aromatic rings. The summed E-state index contributed by atoms with van der Waals surface area (Å²) in [5, 5.41) is 6.55. The molecule has 1 unspecified atom stereocenters. The number of aryl methyl sites for hydroxylation is 1. The lowest BCUT2D eigenvalue weighted by molar-refractivity contribution is 0.593. The molecule has 0 aliphatic heterocycles. The Kier molecular flexibility index (Phi) is 4.22. The lowest BCUT2D eigenvalue weighted by Crippen LogP contribution is -2.09. The van der Waals surface area contributed by atoms with E-state index in [2.05, 4.69) is 36.5 Å². The van der Waals surface area contributed by atoms with Gasteiger partial charge in [0.1, 0.15) is 0 Å². The van der Waals surface area contributed by atoms with Gasteiger partial charge in [-0.3, -0.25) is 0 Å². The Morgan fingerprint density at radius 1 is 1.54 bits per heavy atom. The van der Waals surface area contributed by atoms with E-state index in [0.29, 0.717) is 0 Å². The van der Waals surface area contributed by atoms with Crippen LogP contribution in [0.3, 0.4) is 0 Å². The maximum atomic E-state index is 4.44. The fourth-order valence-electron chi connectivity index (χ4n) is 0.956. The lowest BCUT2D eigenvalue weighted by atomic mass is 10.1. The summed E-state index contributed by atoms with van der Waals surface area (Å²) in [6, 6.07) is 0. The largest absolute Gasteiger partial charge is 0.361 e. The molecule has 0 aliphatic carbocycles. The molecule has 1 N–H and O–H groups in total. The molecule has 1 aromatic heterocycles. The van der Waals surface area contributed by atoms with Gasteiger partial charge in [-0.05, 0) is 12.3 Å². The molecule has 0 bridgehead atoms. The number of thiazole rings is 1. The highest BCUT2D eigenvalue weighted by molar-refractivity contribution is 7.13. The van der Waals surface area contributed by atoms with Crippen molar-refractivity contribution in [2.45, 2.75) is 33.6 Å². The third kappa shape index (κ3) is 3.35. The van der Waals surface area contributed by atoms with Crippen LogP contribution in [0.5, 0.6) is 0 Å². The van der Waals surface area contributed by atoms with Crippen molar-refractivity contribution in [2.75, 3.05) is 11.9 Å². The highest BCUT2D eigenvalue weighted by Gasteiger charge is 2.01. The van der Waals surface area contributed by atoms with E-state index in [0.717, 1.165) is 24.0 Å². The van der Waals surface area contributed by atoms with Crippen LogP contribution in [0.25, 0.3) is 0 Å². The molecule has 0 fully saturated rings. The molecule has 1 rings (SSSR count). The van der Waals surface area contributed by atoms with Crippen LogP contribution in [0.2, 0.25) is 0 Å². The summed E-state index contributed by atoms with van der Waals surface area (Å²) in [6.45, 7) is 7.63. The normalized spacial score (nSPS) is 12.8. The quantitative estimate of drug-likeness (QED) is 0.786. The number of hydrogen-bond acceptors (Lipinski definition) is 3. The Balaban J connectivity index is 2.36. The molecule has 0 aliphatic rings. The molecule has 0 saturated heterocycles. The predicted octanol–water partition coefficient (Wildman–Crippen LogP) is 3.16. The number of nitrogens with zero attached hydrogens (tertiary/aromatic N) is 1. The summed E-state index contributed by atoms with van der Waals surface area (Å²) in [5.74, 6) is 0.731. The molecule has 0 spiro atoms. The smallest absolute Gasteiger partial charge is 0.182 e. The minimum atomic E-state index is 0.731. The first-order valence-electron chi connectivity index (χ1n) is 4.94. The highest BCUT2D eigenvalue weighted by atomic mass is 32.1. The zero-order valence-electron chi connectivity index (χ0n) is 8.63. The van der Waals surface area contributed by atoms with Crippen molar-refractivity contribution in [3.05, 3.63) is 11.1 Å². The van der Waals surface area contributed by atoms with Gasteiger partial charge in [0.2, 0.25) is 0 Å². The lowest BCUT2D eigenvalue weighted by Gasteiger charge is -2.07. The zero-order valence-corrected chi connectivity index (χ0v) is 9.45. The molecule has 2 nitrogen and oxygen atoms in total. The maximum absolute atomic E-state index is 4.44. The van der Waals surface area contributed by atoms with Crippen LogP contribution in [-0.4, -0.2) is 11.5 Å². The van der Waals surface area contributed by atoms with Gasteiger partial charge in [0.25, 0.3) is 0 Å². The van der Waals surface area contributed by atoms with E-state index in [4.69, 9.17) is 0 Å². The first-order valence-corrected chi connectivity index (χ1v) is 5.82. The van der Waals surface area contributed by atoms with Crippen molar-refractivity contribution < 1.29 is 0 Å². The van der Waals surface area contributed by atoms with Crippen molar-refractivity contribution in [1.82, 2.24) is 4.98 Å². The summed E-state index contributed by atoms with van der Waals surface area (Å²) in [7, 11) is 0. The van der Waals surface area contributed by atoms with Crippen molar-refractivity contribution in [2.24, 2.45) is 5.92 Å². The van der Waals surface area contributed by atoms with Gasteiger partial charge in [0.15, 0.2) is 5.13 Å². The van der Waals surface area contributed by atoms with Gasteiger partial charge < -0.3 is 5.32 Å². The molecule has 74 valence electrons. The van der Waals surface area contributed by atoms with Crippen molar-refractivity contribution in [3.8, 4) is 0 Å². The van der Waals surface area contributed by atoms with E-state index in [9.17, 15) is 0 Å². The van der Waals surface area contributed by atoms with Crippen molar-refractivity contribution in [1.29, 1.82) is 0 Å². The number of anilines is 1. The number of aromatic nitrogens is 1. The molecule has 0 aromatic carbocycles. The van der Waals surface area contributed by atoms with Crippen LogP contribution in [0.1, 0.15) is 32.9 Å². The van der Waals surface area contributed by atoms with Crippen LogP contribution in [0.4, 0.5) is 5.13 Å². The summed E-state index contributed by atoms with van der Waals surface area (Å²) in [6.07, 6.45) is 2.25. The van der Waals surface area contributed by atoms with Crippen LogP contribution < -0.4 is 5.32 Å². The molecule has 0 saturated carbocycles. The van der Waals surface area contributed by atoms with Crippen molar-refractivity contribution in [3.63, 3.8) is 0 Å². The Bertz CT molecular complexity index is 245. The second-order valence-corrected chi connectivity index (χ2v) is 4.25. The number of hydrogen-bond donors (Lipinski definition) is 1. The van der Waals surface area contributed by atoms with E-state index in [1.807, 2.05) is 0 Å². The van der Waals surface area contributed by atoms with E-state index in [1.165, 1.54) is 12.1 Å². The fraction of sp³-hybridized carbons (Fsp3) is 0.700. The number of rotatable bonds is 5. The molecule has 13 heavy (non-hydrogen) atoms. The van der Waals surface area contributed by atoms with Crippen LogP contribution >= 0.6 is 11.3 Å². The monoisotopic (exact) mass is 198 g/mol. The van der Waals surface area contributed by atoms with E-state index >= 15 is 0 Å². The Morgan fingerprint density at radius 3 is 2.85 bits per heavy atom. The second kappa shape index (κ2) is 5.22. The topological polar surface area (TPSA) is 24.9 Å². The standard InChI is InChI=1S/C10H18N2S/c1-4-8(3)6-11-10-12-9(5-2)7-13-10/h7-8H,4-6H2,1-3H3,(H,11,12). The summed E-state index contributed by atoms with van der Waals surface area (Å²) in [4.78, 5) is 4.44. The van der Waals surface area contributed by atoms with Crippen molar-refractivity contribution >= 4 is 16.5 Å². The number of nitrogens with one attached hydrogen (secondary N) is 1. The molecule has 0 radical (unpaired) electrons. The third-order valence-electron chi connectivity index (χ3n) is 2.21. The molecular weight excluding hydrogens is 180 g/mol. The predicted molar refractivity (Wildman–Crippen MR) is 59.4 cm³/mol. The maximum Gasteiger partial charge on any atom is 0.182 e. The molecular formula is C10H18N2S. The summed E-state index contributed by atoms with van der Waals surface area (Å²) < 4.78 is 0. The Labute approximate surface area is 84.4 Å². The first-order chi connectivity index (χ1) is 6.26. The minimum Gasteiger partial charge on any atom is -0.361 e. The molecule has 1 atom stereocenters. The van der Waals surface area contributed by atoms with Gasteiger partial charge in [-0.25, -0.2) is 4.98 Å². The van der Waals surface area contributed by atoms with Gasteiger partial charge in [-0.1, -0.05) is 27.2 Å². The van der Waals surface area contributed by atoms with Gasteiger partial charge >= 0.3 is 0 Å². The van der Waals surface area contributed by atoms with E-state index in [-0.39, 0.29) is 0 Å². The fourth-order valence-corrected chi connectivity index (χ4v) is 1.76. The Hall–Kier alpha value is -0.570. The first kappa shape index (κ1) is 10.5. The average Bonchev–Trinajstić information content (AvgIpc) is 2.61. The minimum absolute atomic E-state index is 0.731. The summed E-state index contributed by atoms with van der Waals surface area (Å²) in [5.41, 5.74) is 1.19. The highest BCUT2D eigenvalue weighted by Crippen LogP contribution is 2.16. The molecule has 1 heterocycles. The van der Waals surface area contributed by atoms with Crippen LogP contribution in [0.15, 0.2) is 5.38 Å². The Morgan fingerprint density at radius 2 is 2.31 bits per heavy atom. The van der Waals surface area contributed by atoms with E-state index in [1.54, 1.807) is 11.3 Å². The van der Waals surface area contributed by atoms with Gasteiger partial charge in [0, 0.05) is 11.9 Å². The van der Waals surface area contributed by atoms with Gasteiger partial charge in [-0.2, -0.15) is 0 Å². The van der Waals surface area contributed by atoms with Crippen LogP contribution in [-0.2, 0) is 6.42 Å². The average molecular weight is 198 g/mol. The third-order valence-corrected chi connectivity index (χ3v) is 3.06. The zero-order chi connectivity index (χ0) is 9.68. The van der Waals surface area contributed by atoms with Gasteiger partial charge in [0.05, 0.1) is 5.69 Å². The van der Waals surface area contributed by atoms with Gasteiger partial charge in [-0.15, -0.1) is 11.3 Å². The molecule has 0 amide bonds. The second-order valence-electron chi connectivity index (χ2n) is 3.39.